The van der Waals surface area contributed by atoms with Gasteiger partial charge in [-0.2, -0.15) is 0 Å². The average Bonchev–Trinajstić information content (AvgIpc) is 2.24. The first-order valence-corrected chi connectivity index (χ1v) is 8.43. The predicted octanol–water partition coefficient (Wildman–Crippen LogP) is 3.12. The van der Waals surface area contributed by atoms with Gasteiger partial charge in [0.1, 0.15) is 0 Å². The molecule has 0 aliphatic rings. The van der Waals surface area contributed by atoms with Gasteiger partial charge in [0.2, 0.25) is 5.91 Å². The third kappa shape index (κ3) is 13.7. The highest BCUT2D eigenvalue weighted by Crippen LogP contribution is 2.28. The van der Waals surface area contributed by atoms with Gasteiger partial charge in [-0.15, -0.1) is 0 Å². The Hall–Kier alpha value is -0.380. The van der Waals surface area contributed by atoms with Gasteiger partial charge in [0, 0.05) is 6.42 Å². The summed E-state index contributed by atoms with van der Waals surface area (Å²) in [6.45, 7) is 2.20. The van der Waals surface area contributed by atoms with E-state index >= 15 is 0 Å². The molecule has 18 heavy (non-hydrogen) atoms. The van der Waals surface area contributed by atoms with E-state index in [0.29, 0.717) is 6.42 Å². The Balaban J connectivity index is 3.25. The fraction of sp³-hybridized carbons (Fsp3) is 0.917. The Labute approximate surface area is 110 Å². The number of hydrogen-bond donors (Lipinski definition) is 3. The summed E-state index contributed by atoms with van der Waals surface area (Å²) in [5, 5.41) is 1.67. The first-order chi connectivity index (χ1) is 8.45. The van der Waals surface area contributed by atoms with Crippen LogP contribution >= 0.6 is 7.75 Å². The fourth-order valence-corrected chi connectivity index (χ4v) is 2.25. The Morgan fingerprint density at radius 3 is 1.83 bits per heavy atom. The van der Waals surface area contributed by atoms with Gasteiger partial charge in [0.25, 0.3) is 0 Å². The molecule has 0 rings (SSSR count). The number of hydrogen-bond acceptors (Lipinski definition) is 2. The Morgan fingerprint density at radius 1 is 0.944 bits per heavy atom. The van der Waals surface area contributed by atoms with Crippen LogP contribution in [0.15, 0.2) is 0 Å². The van der Waals surface area contributed by atoms with Gasteiger partial charge in [-0.25, -0.2) is 4.57 Å². The molecule has 108 valence electrons. The molecule has 0 fully saturated rings. The van der Waals surface area contributed by atoms with Crippen molar-refractivity contribution >= 4 is 13.7 Å². The second-order valence-electron chi connectivity index (χ2n) is 4.66. The van der Waals surface area contributed by atoms with Gasteiger partial charge in [-0.3, -0.25) is 9.88 Å². The fourth-order valence-electron chi connectivity index (χ4n) is 1.81. The lowest BCUT2D eigenvalue weighted by Gasteiger charge is -2.06. The van der Waals surface area contributed by atoms with E-state index in [0.717, 1.165) is 12.8 Å². The second kappa shape index (κ2) is 10.5. The summed E-state index contributed by atoms with van der Waals surface area (Å²) in [7, 11) is -4.40. The van der Waals surface area contributed by atoms with Crippen molar-refractivity contribution in [3.05, 3.63) is 0 Å². The number of nitrogens with one attached hydrogen (secondary N) is 1. The zero-order valence-electron chi connectivity index (χ0n) is 11.2. The number of carbonyl (C=O) groups is 1. The van der Waals surface area contributed by atoms with Crippen molar-refractivity contribution in [3.63, 3.8) is 0 Å². The van der Waals surface area contributed by atoms with Crippen LogP contribution in [0.25, 0.3) is 0 Å². The van der Waals surface area contributed by atoms with Crippen molar-refractivity contribution in [1.29, 1.82) is 0 Å². The van der Waals surface area contributed by atoms with Crippen LogP contribution < -0.4 is 5.09 Å². The smallest absolute Gasteiger partial charge is 0.308 e. The Morgan fingerprint density at radius 2 is 1.39 bits per heavy atom. The summed E-state index contributed by atoms with van der Waals surface area (Å²) in [6.07, 6.45) is 10.5. The lowest BCUT2D eigenvalue weighted by atomic mass is 10.1. The molecule has 3 N–H and O–H groups in total. The molecule has 0 radical (unpaired) electrons. The normalized spacial score (nSPS) is 11.5. The van der Waals surface area contributed by atoms with E-state index < -0.39 is 13.7 Å². The van der Waals surface area contributed by atoms with Gasteiger partial charge in [-0.05, 0) is 6.42 Å². The van der Waals surface area contributed by atoms with Crippen LogP contribution in [0, 0.1) is 0 Å². The number of unbranched alkanes of at least 4 members (excludes halogenated alkanes) is 8. The third-order valence-corrected chi connectivity index (χ3v) is 3.32. The summed E-state index contributed by atoms with van der Waals surface area (Å²) in [4.78, 5) is 28.1. The van der Waals surface area contributed by atoms with E-state index in [1.54, 1.807) is 5.09 Å². The van der Waals surface area contributed by atoms with Crippen LogP contribution in [0.3, 0.4) is 0 Å². The molecule has 0 saturated carbocycles. The van der Waals surface area contributed by atoms with Crippen molar-refractivity contribution in [2.24, 2.45) is 0 Å². The minimum atomic E-state index is -4.40. The van der Waals surface area contributed by atoms with E-state index in [-0.39, 0.29) is 6.42 Å². The van der Waals surface area contributed by atoms with Crippen LogP contribution in [0.2, 0.25) is 0 Å². The lowest BCUT2D eigenvalue weighted by molar-refractivity contribution is -0.119. The maximum atomic E-state index is 11.1. The largest absolute Gasteiger partial charge is 0.429 e. The van der Waals surface area contributed by atoms with Crippen molar-refractivity contribution in [2.45, 2.75) is 71.1 Å². The van der Waals surface area contributed by atoms with Crippen LogP contribution in [0.1, 0.15) is 71.1 Å². The summed E-state index contributed by atoms with van der Waals surface area (Å²) >= 11 is 0. The number of carbonyl (C=O) groups excluding carboxylic acids is 1. The molecule has 5 nitrogen and oxygen atoms in total. The molecule has 0 spiro atoms. The van der Waals surface area contributed by atoms with Crippen molar-refractivity contribution < 1.29 is 19.1 Å². The number of rotatable bonds is 11. The standard InChI is InChI=1S/C12H26NO4P/c1-2-3-4-5-6-7-8-9-10-11-12(14)13-18(15,16)17/h2-11H2,1H3,(H3,13,14,15,16,17). The van der Waals surface area contributed by atoms with E-state index in [1.165, 1.54) is 38.5 Å². The Kier molecular flexibility index (Phi) is 10.3. The Bertz CT molecular complexity index is 265. The second-order valence-corrected chi connectivity index (χ2v) is 5.97. The molecule has 0 aliphatic heterocycles. The van der Waals surface area contributed by atoms with Crippen LogP contribution in [-0.4, -0.2) is 15.7 Å². The summed E-state index contributed by atoms with van der Waals surface area (Å²) in [6, 6.07) is 0. The van der Waals surface area contributed by atoms with Crippen molar-refractivity contribution in [2.75, 3.05) is 0 Å². The van der Waals surface area contributed by atoms with E-state index in [1.807, 2.05) is 0 Å². The molecular formula is C12H26NO4P. The molecule has 6 heteroatoms. The molecule has 1 amide bonds. The summed E-state index contributed by atoms with van der Waals surface area (Å²) < 4.78 is 10.5. The molecule has 0 aromatic heterocycles. The van der Waals surface area contributed by atoms with Gasteiger partial charge in [0.15, 0.2) is 0 Å². The molecule has 0 aromatic carbocycles. The lowest BCUT2D eigenvalue weighted by Crippen LogP contribution is -2.19. The quantitative estimate of drug-likeness (QED) is 0.400. The third-order valence-electron chi connectivity index (χ3n) is 2.78. The van der Waals surface area contributed by atoms with E-state index in [9.17, 15) is 9.36 Å². The van der Waals surface area contributed by atoms with Crippen LogP contribution in [0.5, 0.6) is 0 Å². The monoisotopic (exact) mass is 279 g/mol. The van der Waals surface area contributed by atoms with Gasteiger partial charge < -0.3 is 9.79 Å². The van der Waals surface area contributed by atoms with Gasteiger partial charge in [-0.1, -0.05) is 58.3 Å². The first-order valence-electron chi connectivity index (χ1n) is 6.82. The topological polar surface area (TPSA) is 86.6 Å². The SMILES string of the molecule is CCCCCCCCCCCC(=O)NP(=O)(O)O. The summed E-state index contributed by atoms with van der Waals surface area (Å²) in [5.74, 6) is -0.564. The molecule has 0 aromatic rings. The van der Waals surface area contributed by atoms with Gasteiger partial charge >= 0.3 is 7.75 Å². The van der Waals surface area contributed by atoms with Crippen molar-refractivity contribution in [1.82, 2.24) is 5.09 Å². The maximum absolute atomic E-state index is 11.1. The average molecular weight is 279 g/mol. The minimum Gasteiger partial charge on any atom is -0.308 e. The molecule has 0 saturated heterocycles. The van der Waals surface area contributed by atoms with Gasteiger partial charge in [0.05, 0.1) is 0 Å². The zero-order chi connectivity index (χ0) is 13.9. The molecular weight excluding hydrogens is 253 g/mol. The predicted molar refractivity (Wildman–Crippen MR) is 72.0 cm³/mol. The van der Waals surface area contributed by atoms with Crippen LogP contribution in [-0.2, 0) is 9.36 Å². The number of amides is 1. The molecule has 0 atom stereocenters. The highest BCUT2D eigenvalue weighted by molar-refractivity contribution is 7.50. The van der Waals surface area contributed by atoms with E-state index in [4.69, 9.17) is 9.79 Å². The molecule has 0 aliphatic carbocycles. The molecule has 0 unspecified atom stereocenters. The molecule has 0 bridgehead atoms. The van der Waals surface area contributed by atoms with Crippen LogP contribution in [0.4, 0.5) is 0 Å². The zero-order valence-corrected chi connectivity index (χ0v) is 12.1. The van der Waals surface area contributed by atoms with Crippen molar-refractivity contribution in [3.8, 4) is 0 Å². The minimum absolute atomic E-state index is 0.195. The van der Waals surface area contributed by atoms with E-state index in [2.05, 4.69) is 6.92 Å². The molecule has 0 heterocycles. The maximum Gasteiger partial charge on any atom is 0.429 e. The summed E-state index contributed by atoms with van der Waals surface area (Å²) in [5.41, 5.74) is 0. The first kappa shape index (κ1) is 17.6. The highest BCUT2D eigenvalue weighted by atomic mass is 31.2. The highest BCUT2D eigenvalue weighted by Gasteiger charge is 2.15.